The van der Waals surface area contributed by atoms with Crippen molar-refractivity contribution in [3.05, 3.63) is 64.3 Å². The Balaban J connectivity index is 2.17. The largest absolute Gasteiger partial charge is 0.294 e. The fourth-order valence-electron chi connectivity index (χ4n) is 3.03. The molecule has 0 unspecified atom stereocenters. The number of halogens is 1. The molecule has 0 atom stereocenters. The van der Waals surface area contributed by atoms with Crippen LogP contribution in [0.4, 0.5) is 0 Å². The molecule has 1 aliphatic rings. The summed E-state index contributed by atoms with van der Waals surface area (Å²) < 4.78 is 0.999. The zero-order chi connectivity index (χ0) is 14.4. The van der Waals surface area contributed by atoms with E-state index in [9.17, 15) is 4.79 Å². The summed E-state index contributed by atoms with van der Waals surface area (Å²) in [4.78, 5) is 17.0. The summed E-state index contributed by atoms with van der Waals surface area (Å²) in [7, 11) is 0. The summed E-state index contributed by atoms with van der Waals surface area (Å²) in [5, 5.41) is 1.03. The Morgan fingerprint density at radius 2 is 1.76 bits per heavy atom. The first-order valence-corrected chi connectivity index (χ1v) is 7.74. The van der Waals surface area contributed by atoms with E-state index in [0.717, 1.165) is 44.2 Å². The minimum Gasteiger partial charge on any atom is -0.294 e. The maximum atomic E-state index is 12.3. The molecule has 102 valence electrons. The normalized spacial score (nSPS) is 13.7. The van der Waals surface area contributed by atoms with Crippen molar-refractivity contribution in [1.29, 1.82) is 0 Å². The van der Waals surface area contributed by atoms with Gasteiger partial charge in [0, 0.05) is 27.4 Å². The zero-order valence-corrected chi connectivity index (χ0v) is 12.9. The Labute approximate surface area is 131 Å². The Morgan fingerprint density at radius 1 is 0.952 bits per heavy atom. The number of aromatic nitrogens is 1. The minimum absolute atomic E-state index is 0.207. The standard InChI is InChI=1S/C18H12BrNO/c19-12-6-7-14-13(10-12)17(11-4-2-1-3-5-11)18-15(20-14)8-9-16(18)21/h1-7,10H,8-9H2. The first-order chi connectivity index (χ1) is 10.2. The lowest BCUT2D eigenvalue weighted by atomic mass is 9.94. The van der Waals surface area contributed by atoms with Gasteiger partial charge in [0.2, 0.25) is 0 Å². The van der Waals surface area contributed by atoms with Gasteiger partial charge >= 0.3 is 0 Å². The summed E-state index contributed by atoms with van der Waals surface area (Å²) in [6.45, 7) is 0. The first kappa shape index (κ1) is 12.7. The lowest BCUT2D eigenvalue weighted by molar-refractivity contribution is 0.0995. The maximum Gasteiger partial charge on any atom is 0.165 e. The Hall–Kier alpha value is -2.00. The summed E-state index contributed by atoms with van der Waals surface area (Å²) in [5.41, 5.74) is 4.81. The van der Waals surface area contributed by atoms with E-state index in [2.05, 4.69) is 34.1 Å². The van der Waals surface area contributed by atoms with Gasteiger partial charge in [-0.25, -0.2) is 0 Å². The number of pyridine rings is 1. The number of benzene rings is 2. The number of aryl methyl sites for hydroxylation is 1. The molecule has 1 aliphatic carbocycles. The van der Waals surface area contributed by atoms with E-state index in [1.165, 1.54) is 0 Å². The lowest BCUT2D eigenvalue weighted by Crippen LogP contribution is -1.99. The lowest BCUT2D eigenvalue weighted by Gasteiger charge is -2.12. The average molecular weight is 338 g/mol. The average Bonchev–Trinajstić information content (AvgIpc) is 2.87. The van der Waals surface area contributed by atoms with Crippen molar-refractivity contribution in [1.82, 2.24) is 4.98 Å². The van der Waals surface area contributed by atoms with Crippen LogP contribution in [-0.2, 0) is 6.42 Å². The molecule has 0 N–H and O–H groups in total. The van der Waals surface area contributed by atoms with E-state index < -0.39 is 0 Å². The third-order valence-electron chi connectivity index (χ3n) is 3.95. The predicted octanol–water partition coefficient (Wildman–Crippen LogP) is 4.79. The molecular formula is C18H12BrNO. The van der Waals surface area contributed by atoms with Crippen LogP contribution in [0.5, 0.6) is 0 Å². The molecule has 0 saturated carbocycles. The van der Waals surface area contributed by atoms with Gasteiger partial charge in [-0.1, -0.05) is 46.3 Å². The van der Waals surface area contributed by atoms with Crippen LogP contribution in [0.1, 0.15) is 22.5 Å². The molecule has 3 aromatic rings. The monoisotopic (exact) mass is 337 g/mol. The smallest absolute Gasteiger partial charge is 0.165 e. The summed E-state index contributed by atoms with van der Waals surface area (Å²) in [5.74, 6) is 0.207. The SMILES string of the molecule is O=C1CCc2nc3ccc(Br)cc3c(-c3ccccc3)c21. The van der Waals surface area contributed by atoms with Crippen molar-refractivity contribution >= 4 is 32.6 Å². The van der Waals surface area contributed by atoms with Crippen molar-refractivity contribution in [3.63, 3.8) is 0 Å². The van der Waals surface area contributed by atoms with Crippen LogP contribution in [0, 0.1) is 0 Å². The molecule has 0 aliphatic heterocycles. The van der Waals surface area contributed by atoms with Crippen LogP contribution in [0.3, 0.4) is 0 Å². The van der Waals surface area contributed by atoms with Gasteiger partial charge in [-0.2, -0.15) is 0 Å². The molecule has 2 nitrogen and oxygen atoms in total. The highest BCUT2D eigenvalue weighted by Gasteiger charge is 2.27. The second kappa shape index (κ2) is 4.78. The zero-order valence-electron chi connectivity index (χ0n) is 11.3. The van der Waals surface area contributed by atoms with Crippen LogP contribution >= 0.6 is 15.9 Å². The number of hydrogen-bond donors (Lipinski definition) is 0. The van der Waals surface area contributed by atoms with E-state index in [1.807, 2.05) is 30.3 Å². The van der Waals surface area contributed by atoms with Crippen LogP contribution in [-0.4, -0.2) is 10.8 Å². The van der Waals surface area contributed by atoms with Gasteiger partial charge in [-0.05, 0) is 30.2 Å². The highest BCUT2D eigenvalue weighted by atomic mass is 79.9. The summed E-state index contributed by atoms with van der Waals surface area (Å²) >= 11 is 3.52. The second-order valence-corrected chi connectivity index (χ2v) is 6.17. The number of fused-ring (bicyclic) bond motifs is 2. The van der Waals surface area contributed by atoms with Gasteiger partial charge in [0.15, 0.2) is 5.78 Å². The van der Waals surface area contributed by atoms with Gasteiger partial charge in [0.25, 0.3) is 0 Å². The number of carbonyl (C=O) groups excluding carboxylic acids is 1. The molecule has 21 heavy (non-hydrogen) atoms. The van der Waals surface area contributed by atoms with Crippen LogP contribution in [0.2, 0.25) is 0 Å². The van der Waals surface area contributed by atoms with Crippen molar-refractivity contribution in [2.75, 3.05) is 0 Å². The molecule has 2 aromatic carbocycles. The van der Waals surface area contributed by atoms with Gasteiger partial charge in [-0.3, -0.25) is 9.78 Å². The molecule has 0 fully saturated rings. The highest BCUT2D eigenvalue weighted by molar-refractivity contribution is 9.10. The Bertz CT molecular complexity index is 871. The van der Waals surface area contributed by atoms with E-state index in [1.54, 1.807) is 0 Å². The number of ketones is 1. The molecule has 4 rings (SSSR count). The third-order valence-corrected chi connectivity index (χ3v) is 4.45. The molecule has 3 heteroatoms. The number of nitrogens with zero attached hydrogens (tertiary/aromatic N) is 1. The van der Waals surface area contributed by atoms with E-state index in [0.29, 0.717) is 6.42 Å². The van der Waals surface area contributed by atoms with E-state index >= 15 is 0 Å². The van der Waals surface area contributed by atoms with Crippen LogP contribution < -0.4 is 0 Å². The quantitative estimate of drug-likeness (QED) is 0.638. The fraction of sp³-hybridized carbons (Fsp3) is 0.111. The summed E-state index contributed by atoms with van der Waals surface area (Å²) in [6, 6.07) is 16.2. The highest BCUT2D eigenvalue weighted by Crippen LogP contribution is 2.37. The van der Waals surface area contributed by atoms with Crippen molar-refractivity contribution < 1.29 is 4.79 Å². The van der Waals surface area contributed by atoms with Crippen LogP contribution in [0.25, 0.3) is 22.0 Å². The Morgan fingerprint density at radius 3 is 2.57 bits per heavy atom. The number of carbonyl (C=O) groups is 1. The van der Waals surface area contributed by atoms with E-state index in [-0.39, 0.29) is 5.78 Å². The third kappa shape index (κ3) is 2.00. The molecule has 0 bridgehead atoms. The van der Waals surface area contributed by atoms with Crippen molar-refractivity contribution in [2.24, 2.45) is 0 Å². The topological polar surface area (TPSA) is 30.0 Å². The fourth-order valence-corrected chi connectivity index (χ4v) is 3.39. The van der Waals surface area contributed by atoms with E-state index in [4.69, 9.17) is 4.98 Å². The molecule has 1 aromatic heterocycles. The molecule has 0 spiro atoms. The van der Waals surface area contributed by atoms with Crippen molar-refractivity contribution in [3.8, 4) is 11.1 Å². The predicted molar refractivity (Wildman–Crippen MR) is 87.5 cm³/mol. The molecule has 1 heterocycles. The van der Waals surface area contributed by atoms with Crippen LogP contribution in [0.15, 0.2) is 53.0 Å². The minimum atomic E-state index is 0.207. The molecule has 0 radical (unpaired) electrons. The Kier molecular flexibility index (Phi) is 2.89. The van der Waals surface area contributed by atoms with Gasteiger partial charge in [-0.15, -0.1) is 0 Å². The summed E-state index contributed by atoms with van der Waals surface area (Å²) in [6.07, 6.45) is 1.32. The maximum absolute atomic E-state index is 12.3. The van der Waals surface area contributed by atoms with Gasteiger partial charge in [0.05, 0.1) is 11.2 Å². The number of hydrogen-bond acceptors (Lipinski definition) is 2. The number of Topliss-reactive ketones (excluding diaryl/α,β-unsaturated/α-hetero) is 1. The van der Waals surface area contributed by atoms with Crippen molar-refractivity contribution in [2.45, 2.75) is 12.8 Å². The first-order valence-electron chi connectivity index (χ1n) is 6.95. The molecular weight excluding hydrogens is 326 g/mol. The van der Waals surface area contributed by atoms with Gasteiger partial charge < -0.3 is 0 Å². The molecule has 0 saturated heterocycles. The van der Waals surface area contributed by atoms with Gasteiger partial charge in [0.1, 0.15) is 0 Å². The molecule has 0 amide bonds. The second-order valence-electron chi connectivity index (χ2n) is 5.26. The number of rotatable bonds is 1.